The Bertz CT molecular complexity index is 853. The summed E-state index contributed by atoms with van der Waals surface area (Å²) >= 11 is 0. The van der Waals surface area contributed by atoms with Crippen LogP contribution in [0.3, 0.4) is 0 Å². The zero-order chi connectivity index (χ0) is 17.9. The number of fused-ring (bicyclic) bond motifs is 1. The quantitative estimate of drug-likeness (QED) is 0.764. The summed E-state index contributed by atoms with van der Waals surface area (Å²) in [6.07, 6.45) is 1.28. The lowest BCUT2D eigenvalue weighted by Crippen LogP contribution is -2.22. The van der Waals surface area contributed by atoms with E-state index < -0.39 is 6.10 Å². The molecule has 26 heavy (non-hydrogen) atoms. The molecule has 1 unspecified atom stereocenters. The largest absolute Gasteiger partial charge is 0.465 e. The van der Waals surface area contributed by atoms with Gasteiger partial charge in [-0.3, -0.25) is 9.58 Å². The molecule has 2 aromatic heterocycles. The van der Waals surface area contributed by atoms with E-state index >= 15 is 0 Å². The molecule has 3 aromatic rings. The number of aromatic nitrogens is 2. The van der Waals surface area contributed by atoms with Crippen LogP contribution in [0.15, 0.2) is 52.9 Å². The second kappa shape index (κ2) is 7.48. The lowest BCUT2D eigenvalue weighted by Gasteiger charge is -2.17. The average molecular weight is 351 g/mol. The first-order valence-corrected chi connectivity index (χ1v) is 9.32. The summed E-state index contributed by atoms with van der Waals surface area (Å²) in [5.74, 6) is 2.05. The molecule has 0 bridgehead atoms. The fourth-order valence-corrected chi connectivity index (χ4v) is 3.54. The van der Waals surface area contributed by atoms with Crippen LogP contribution < -0.4 is 0 Å². The Kier molecular flexibility index (Phi) is 4.91. The number of aliphatic hydroxyl groups is 1. The van der Waals surface area contributed by atoms with Gasteiger partial charge in [0.25, 0.3) is 0 Å². The molecular weight excluding hydrogens is 326 g/mol. The highest BCUT2D eigenvalue weighted by molar-refractivity contribution is 5.26. The highest BCUT2D eigenvalue weighted by Gasteiger charge is 2.21. The van der Waals surface area contributed by atoms with E-state index in [1.54, 1.807) is 0 Å². The van der Waals surface area contributed by atoms with E-state index in [4.69, 9.17) is 4.42 Å². The third kappa shape index (κ3) is 3.59. The van der Waals surface area contributed by atoms with Gasteiger partial charge in [0.2, 0.25) is 0 Å². The Morgan fingerprint density at radius 3 is 2.69 bits per heavy atom. The minimum atomic E-state index is -0.679. The number of aliphatic hydroxyl groups excluding tert-OH is 1. The minimum Gasteiger partial charge on any atom is -0.465 e. The van der Waals surface area contributed by atoms with Crippen molar-refractivity contribution in [3.8, 4) is 0 Å². The Hall–Kier alpha value is -2.37. The summed E-state index contributed by atoms with van der Waals surface area (Å²) in [4.78, 5) is 2.39. The lowest BCUT2D eigenvalue weighted by molar-refractivity contribution is 0.213. The van der Waals surface area contributed by atoms with Crippen LogP contribution in [0.1, 0.15) is 47.9 Å². The van der Waals surface area contributed by atoms with Gasteiger partial charge in [0.1, 0.15) is 17.6 Å². The predicted molar refractivity (Wildman–Crippen MR) is 99.5 cm³/mol. The molecule has 0 aliphatic carbocycles. The molecule has 1 aromatic carbocycles. The molecule has 1 N–H and O–H groups in total. The Morgan fingerprint density at radius 2 is 1.92 bits per heavy atom. The van der Waals surface area contributed by atoms with Crippen molar-refractivity contribution in [2.24, 2.45) is 0 Å². The van der Waals surface area contributed by atoms with Crippen molar-refractivity contribution in [1.82, 2.24) is 14.7 Å². The van der Waals surface area contributed by atoms with E-state index in [9.17, 15) is 5.11 Å². The van der Waals surface area contributed by atoms with E-state index in [-0.39, 0.29) is 0 Å². The minimum absolute atomic E-state index is 0.679. The van der Waals surface area contributed by atoms with Crippen LogP contribution in [0.2, 0.25) is 0 Å². The van der Waals surface area contributed by atoms with Gasteiger partial charge in [-0.2, -0.15) is 5.10 Å². The van der Waals surface area contributed by atoms with Crippen LogP contribution in [0, 0.1) is 0 Å². The van der Waals surface area contributed by atoms with Gasteiger partial charge in [-0.05, 0) is 30.2 Å². The summed E-state index contributed by atoms with van der Waals surface area (Å²) in [5, 5.41) is 15.3. The van der Waals surface area contributed by atoms with E-state index in [2.05, 4.69) is 29.1 Å². The van der Waals surface area contributed by atoms with Crippen molar-refractivity contribution >= 4 is 0 Å². The van der Waals surface area contributed by atoms with Gasteiger partial charge in [-0.15, -0.1) is 0 Å². The molecule has 1 aliphatic heterocycles. The van der Waals surface area contributed by atoms with Crippen LogP contribution in [0.4, 0.5) is 0 Å². The van der Waals surface area contributed by atoms with E-state index in [1.165, 1.54) is 0 Å². The van der Waals surface area contributed by atoms with Gasteiger partial charge in [0.05, 0.1) is 17.9 Å². The first-order chi connectivity index (χ1) is 12.7. The highest BCUT2D eigenvalue weighted by Crippen LogP contribution is 2.24. The van der Waals surface area contributed by atoms with Gasteiger partial charge >= 0.3 is 0 Å². The second-order valence-electron chi connectivity index (χ2n) is 6.88. The van der Waals surface area contributed by atoms with Gasteiger partial charge in [0, 0.05) is 26.1 Å². The zero-order valence-electron chi connectivity index (χ0n) is 15.1. The normalized spacial score (nSPS) is 16.2. The van der Waals surface area contributed by atoms with Crippen LogP contribution in [0.25, 0.3) is 0 Å². The molecule has 4 rings (SSSR count). The molecule has 0 amide bonds. The van der Waals surface area contributed by atoms with Crippen molar-refractivity contribution in [2.75, 3.05) is 6.54 Å². The Labute approximate surface area is 153 Å². The van der Waals surface area contributed by atoms with Crippen LogP contribution in [0.5, 0.6) is 0 Å². The third-order valence-corrected chi connectivity index (χ3v) is 4.95. The van der Waals surface area contributed by atoms with Crippen molar-refractivity contribution in [3.05, 3.63) is 77.0 Å². The van der Waals surface area contributed by atoms with E-state index in [1.807, 2.05) is 41.1 Å². The topological polar surface area (TPSA) is 54.4 Å². The monoisotopic (exact) mass is 351 g/mol. The molecule has 0 spiro atoms. The molecule has 3 heterocycles. The number of hydrogen-bond donors (Lipinski definition) is 1. The second-order valence-corrected chi connectivity index (χ2v) is 6.88. The number of rotatable bonds is 5. The van der Waals surface area contributed by atoms with Crippen molar-refractivity contribution in [3.63, 3.8) is 0 Å². The first-order valence-electron chi connectivity index (χ1n) is 9.32. The van der Waals surface area contributed by atoms with Crippen molar-refractivity contribution in [1.29, 1.82) is 0 Å². The summed E-state index contributed by atoms with van der Waals surface area (Å²) < 4.78 is 7.90. The first kappa shape index (κ1) is 17.1. The molecular formula is C21H25N3O2. The molecule has 0 saturated carbocycles. The van der Waals surface area contributed by atoms with Gasteiger partial charge in [-0.25, -0.2) is 0 Å². The summed E-state index contributed by atoms with van der Waals surface area (Å²) in [6, 6.07) is 15.9. The van der Waals surface area contributed by atoms with Gasteiger partial charge < -0.3 is 9.52 Å². The Morgan fingerprint density at radius 1 is 1.12 bits per heavy atom. The molecule has 0 fully saturated rings. The Balaban J connectivity index is 1.50. The SMILES string of the molecule is CCc1ccc(CN2CCCn3nc(C(O)c4ccccc4)cc3C2)o1. The fourth-order valence-electron chi connectivity index (χ4n) is 3.54. The van der Waals surface area contributed by atoms with E-state index in [0.717, 1.165) is 67.5 Å². The number of benzene rings is 1. The van der Waals surface area contributed by atoms with Crippen molar-refractivity contribution in [2.45, 2.75) is 45.5 Å². The fraction of sp³-hybridized carbons (Fsp3) is 0.381. The number of furan rings is 1. The van der Waals surface area contributed by atoms with Crippen molar-refractivity contribution < 1.29 is 9.52 Å². The maximum atomic E-state index is 10.6. The predicted octanol–water partition coefficient (Wildman–Crippen LogP) is 3.53. The molecule has 0 saturated heterocycles. The summed E-state index contributed by atoms with van der Waals surface area (Å²) in [6.45, 7) is 5.62. The van der Waals surface area contributed by atoms with Crippen LogP contribution >= 0.6 is 0 Å². The van der Waals surface area contributed by atoms with Crippen LogP contribution in [-0.4, -0.2) is 26.3 Å². The highest BCUT2D eigenvalue weighted by atomic mass is 16.3. The molecule has 5 nitrogen and oxygen atoms in total. The van der Waals surface area contributed by atoms with Gasteiger partial charge in [-0.1, -0.05) is 37.3 Å². The standard InChI is InChI=1S/C21H25N3O2/c1-2-18-9-10-19(26-18)15-23-11-6-12-24-17(14-23)13-20(22-24)21(25)16-7-4-3-5-8-16/h3-5,7-10,13,21,25H,2,6,11-12,14-15H2,1H3. The molecule has 0 radical (unpaired) electrons. The zero-order valence-corrected chi connectivity index (χ0v) is 15.1. The molecule has 1 aliphatic rings. The summed E-state index contributed by atoms with van der Waals surface area (Å²) in [5.41, 5.74) is 2.74. The van der Waals surface area contributed by atoms with Gasteiger partial charge in [0.15, 0.2) is 0 Å². The third-order valence-electron chi connectivity index (χ3n) is 4.95. The van der Waals surface area contributed by atoms with Crippen LogP contribution in [-0.2, 0) is 26.1 Å². The number of nitrogens with zero attached hydrogens (tertiary/aromatic N) is 3. The maximum absolute atomic E-state index is 10.6. The lowest BCUT2D eigenvalue weighted by atomic mass is 10.1. The maximum Gasteiger partial charge on any atom is 0.123 e. The number of aryl methyl sites for hydroxylation is 2. The van der Waals surface area contributed by atoms with E-state index in [0.29, 0.717) is 0 Å². The smallest absolute Gasteiger partial charge is 0.123 e. The average Bonchev–Trinajstić information content (AvgIpc) is 3.24. The molecule has 136 valence electrons. The summed E-state index contributed by atoms with van der Waals surface area (Å²) in [7, 11) is 0. The number of hydrogen-bond acceptors (Lipinski definition) is 4. The molecule has 5 heteroatoms. The molecule has 1 atom stereocenters.